The topological polar surface area (TPSA) is 74.8 Å². The predicted octanol–water partition coefficient (Wildman–Crippen LogP) is 1.01. The molecule has 2 aromatic rings. The lowest BCUT2D eigenvalue weighted by Gasteiger charge is -2.05. The number of nitrogens with one attached hydrogen (secondary N) is 2. The maximum absolute atomic E-state index is 11.7. The summed E-state index contributed by atoms with van der Waals surface area (Å²) in [5, 5.41) is 2.75. The molecule has 1 amide bonds. The van der Waals surface area contributed by atoms with E-state index < -0.39 is 0 Å². The Morgan fingerprint density at radius 1 is 1.33 bits per heavy atom. The first kappa shape index (κ1) is 12.0. The van der Waals surface area contributed by atoms with Crippen LogP contribution < -0.4 is 10.9 Å². The van der Waals surface area contributed by atoms with E-state index in [-0.39, 0.29) is 11.5 Å². The maximum Gasteiger partial charge on any atom is 0.253 e. The molecule has 2 N–H and O–H groups in total. The zero-order chi connectivity index (χ0) is 13.0. The van der Waals surface area contributed by atoms with Crippen molar-refractivity contribution in [3.8, 4) is 0 Å². The summed E-state index contributed by atoms with van der Waals surface area (Å²) in [6, 6.07) is 6.61. The van der Waals surface area contributed by atoms with Gasteiger partial charge in [0.05, 0.1) is 5.56 Å². The van der Waals surface area contributed by atoms with E-state index in [0.29, 0.717) is 12.1 Å². The Hall–Kier alpha value is -2.43. The summed E-state index contributed by atoms with van der Waals surface area (Å²) in [5.74, 6) is -0.230. The van der Waals surface area contributed by atoms with E-state index in [0.717, 1.165) is 11.3 Å². The molecule has 5 nitrogen and oxygen atoms in total. The van der Waals surface area contributed by atoms with Crippen LogP contribution in [-0.4, -0.2) is 15.9 Å². The summed E-state index contributed by atoms with van der Waals surface area (Å²) in [7, 11) is 0. The summed E-state index contributed by atoms with van der Waals surface area (Å²) in [4.78, 5) is 29.2. The van der Waals surface area contributed by atoms with Crippen molar-refractivity contribution in [2.24, 2.45) is 0 Å². The van der Waals surface area contributed by atoms with Gasteiger partial charge in [-0.05, 0) is 24.6 Å². The molecule has 0 spiro atoms. The molecular formula is C13H13N3O2. The number of hydrogen-bond donors (Lipinski definition) is 2. The number of aryl methyl sites for hydroxylation is 1. The molecule has 2 aromatic heterocycles. The molecule has 0 bridgehead atoms. The summed E-state index contributed by atoms with van der Waals surface area (Å²) < 4.78 is 0. The number of aromatic nitrogens is 2. The Bertz CT molecular complexity index is 582. The zero-order valence-corrected chi connectivity index (χ0v) is 9.93. The normalized spacial score (nSPS) is 10.1. The van der Waals surface area contributed by atoms with Gasteiger partial charge in [-0.25, -0.2) is 0 Å². The van der Waals surface area contributed by atoms with Crippen molar-refractivity contribution in [1.82, 2.24) is 15.3 Å². The number of carbonyl (C=O) groups is 1. The van der Waals surface area contributed by atoms with Gasteiger partial charge in [-0.1, -0.05) is 6.07 Å². The molecule has 0 saturated carbocycles. The van der Waals surface area contributed by atoms with Crippen molar-refractivity contribution in [1.29, 1.82) is 0 Å². The van der Waals surface area contributed by atoms with Gasteiger partial charge in [0.15, 0.2) is 0 Å². The number of hydrogen-bond acceptors (Lipinski definition) is 3. The first-order valence-corrected chi connectivity index (χ1v) is 5.53. The third-order valence-corrected chi connectivity index (χ3v) is 2.47. The largest absolute Gasteiger partial charge is 0.348 e. The molecule has 5 heteroatoms. The molecule has 0 aliphatic heterocycles. The average molecular weight is 243 g/mol. The number of rotatable bonds is 3. The Labute approximate surface area is 104 Å². The highest BCUT2D eigenvalue weighted by Crippen LogP contribution is 2.00. The first-order valence-electron chi connectivity index (χ1n) is 5.53. The second-order valence-electron chi connectivity index (χ2n) is 3.93. The summed E-state index contributed by atoms with van der Waals surface area (Å²) in [6.07, 6.45) is 3.12. The molecule has 0 aliphatic rings. The van der Waals surface area contributed by atoms with Crippen LogP contribution in [0.25, 0.3) is 0 Å². The van der Waals surface area contributed by atoms with Gasteiger partial charge < -0.3 is 10.3 Å². The standard InChI is InChI=1S/C13H13N3O2/c1-9-2-3-10(6-14-9)7-16-13(18)11-4-5-12(17)15-8-11/h2-6,8H,7H2,1H3,(H,15,17)(H,16,18). The number of nitrogens with zero attached hydrogens (tertiary/aromatic N) is 1. The molecule has 18 heavy (non-hydrogen) atoms. The molecule has 0 aliphatic carbocycles. The molecule has 0 saturated heterocycles. The van der Waals surface area contributed by atoms with Crippen molar-refractivity contribution in [2.45, 2.75) is 13.5 Å². The van der Waals surface area contributed by atoms with Crippen molar-refractivity contribution in [3.05, 3.63) is 63.8 Å². The van der Waals surface area contributed by atoms with Crippen molar-refractivity contribution in [2.75, 3.05) is 0 Å². The van der Waals surface area contributed by atoms with Gasteiger partial charge in [-0.15, -0.1) is 0 Å². The molecule has 2 rings (SSSR count). The Balaban J connectivity index is 1.98. The molecule has 0 aromatic carbocycles. The minimum absolute atomic E-state index is 0.228. The van der Waals surface area contributed by atoms with Crippen LogP contribution in [0.1, 0.15) is 21.6 Å². The second kappa shape index (κ2) is 5.27. The number of amides is 1. The summed E-state index contributed by atoms with van der Waals surface area (Å²) in [6.45, 7) is 2.31. The molecule has 0 atom stereocenters. The lowest BCUT2D eigenvalue weighted by molar-refractivity contribution is 0.0950. The van der Waals surface area contributed by atoms with Crippen LogP contribution in [0, 0.1) is 6.92 Å². The molecule has 0 unspecified atom stereocenters. The van der Waals surface area contributed by atoms with Gasteiger partial charge in [0.1, 0.15) is 0 Å². The van der Waals surface area contributed by atoms with Crippen LogP contribution in [0.4, 0.5) is 0 Å². The van der Waals surface area contributed by atoms with E-state index in [2.05, 4.69) is 15.3 Å². The monoisotopic (exact) mass is 243 g/mol. The lowest BCUT2D eigenvalue weighted by atomic mass is 10.2. The van der Waals surface area contributed by atoms with Gasteiger partial charge in [-0.3, -0.25) is 14.6 Å². The fourth-order valence-electron chi connectivity index (χ4n) is 1.44. The number of carbonyl (C=O) groups excluding carboxylic acids is 1. The number of pyridine rings is 2. The molecule has 0 fully saturated rings. The minimum Gasteiger partial charge on any atom is -0.348 e. The van der Waals surface area contributed by atoms with Gasteiger partial charge >= 0.3 is 0 Å². The van der Waals surface area contributed by atoms with Crippen LogP contribution in [0.2, 0.25) is 0 Å². The predicted molar refractivity (Wildman–Crippen MR) is 67.2 cm³/mol. The van der Waals surface area contributed by atoms with Crippen LogP contribution in [-0.2, 0) is 6.54 Å². The Morgan fingerprint density at radius 3 is 2.78 bits per heavy atom. The third-order valence-electron chi connectivity index (χ3n) is 2.47. The fourth-order valence-corrected chi connectivity index (χ4v) is 1.44. The number of aromatic amines is 1. The zero-order valence-electron chi connectivity index (χ0n) is 9.93. The van der Waals surface area contributed by atoms with Crippen LogP contribution in [0.5, 0.6) is 0 Å². The minimum atomic E-state index is -0.230. The van der Waals surface area contributed by atoms with Crippen molar-refractivity contribution >= 4 is 5.91 Å². The molecule has 2 heterocycles. The summed E-state index contributed by atoms with van der Waals surface area (Å²) >= 11 is 0. The van der Waals surface area contributed by atoms with Gasteiger partial charge in [-0.2, -0.15) is 0 Å². The van der Waals surface area contributed by atoms with E-state index >= 15 is 0 Å². The van der Waals surface area contributed by atoms with Crippen LogP contribution >= 0.6 is 0 Å². The number of H-pyrrole nitrogens is 1. The molecular weight excluding hydrogens is 230 g/mol. The van der Waals surface area contributed by atoms with Gasteiger partial charge in [0.2, 0.25) is 5.56 Å². The fraction of sp³-hybridized carbons (Fsp3) is 0.154. The highest BCUT2D eigenvalue weighted by atomic mass is 16.1. The average Bonchev–Trinajstić information content (AvgIpc) is 2.38. The van der Waals surface area contributed by atoms with E-state index in [4.69, 9.17) is 0 Å². The van der Waals surface area contributed by atoms with E-state index in [9.17, 15) is 9.59 Å². The SMILES string of the molecule is Cc1ccc(CNC(=O)c2ccc(=O)[nH]c2)cn1. The highest BCUT2D eigenvalue weighted by molar-refractivity contribution is 5.93. The van der Waals surface area contributed by atoms with Crippen molar-refractivity contribution in [3.63, 3.8) is 0 Å². The third kappa shape index (κ3) is 3.04. The van der Waals surface area contributed by atoms with Crippen molar-refractivity contribution < 1.29 is 4.79 Å². The second-order valence-corrected chi connectivity index (χ2v) is 3.93. The smallest absolute Gasteiger partial charge is 0.253 e. The Morgan fingerprint density at radius 2 is 2.17 bits per heavy atom. The molecule has 0 radical (unpaired) electrons. The van der Waals surface area contributed by atoms with E-state index in [1.807, 2.05) is 19.1 Å². The Kier molecular flexibility index (Phi) is 3.52. The van der Waals surface area contributed by atoms with Crippen LogP contribution in [0.3, 0.4) is 0 Å². The first-order chi connectivity index (χ1) is 8.65. The van der Waals surface area contributed by atoms with E-state index in [1.165, 1.54) is 18.3 Å². The molecule has 92 valence electrons. The highest BCUT2D eigenvalue weighted by Gasteiger charge is 2.04. The quantitative estimate of drug-likeness (QED) is 0.844. The lowest BCUT2D eigenvalue weighted by Crippen LogP contribution is -2.23. The van der Waals surface area contributed by atoms with Crippen LogP contribution in [0.15, 0.2) is 41.5 Å². The van der Waals surface area contributed by atoms with E-state index in [1.54, 1.807) is 6.20 Å². The van der Waals surface area contributed by atoms with Gasteiger partial charge in [0, 0.05) is 30.7 Å². The summed E-state index contributed by atoms with van der Waals surface area (Å²) in [5.41, 5.74) is 2.06. The maximum atomic E-state index is 11.7. The van der Waals surface area contributed by atoms with Gasteiger partial charge in [0.25, 0.3) is 5.91 Å².